The van der Waals surface area contributed by atoms with E-state index in [2.05, 4.69) is 28.4 Å². The van der Waals surface area contributed by atoms with E-state index >= 15 is 0 Å². The Kier molecular flexibility index (Phi) is 4.42. The molecule has 1 fully saturated rings. The van der Waals surface area contributed by atoms with Crippen LogP contribution in [0.25, 0.3) is 0 Å². The minimum absolute atomic E-state index is 0.0174. The van der Waals surface area contributed by atoms with E-state index in [-0.39, 0.29) is 5.91 Å². The zero-order valence-corrected chi connectivity index (χ0v) is 13.0. The van der Waals surface area contributed by atoms with Gasteiger partial charge in [-0.15, -0.1) is 0 Å². The van der Waals surface area contributed by atoms with E-state index in [1.807, 2.05) is 37.3 Å². The molecule has 1 saturated heterocycles. The molecular weight excluding hydrogens is 272 g/mol. The molecule has 3 nitrogen and oxygen atoms in total. The van der Waals surface area contributed by atoms with Crippen LogP contribution >= 0.6 is 0 Å². The van der Waals surface area contributed by atoms with Gasteiger partial charge in [-0.05, 0) is 43.5 Å². The molecule has 2 aromatic carbocycles. The monoisotopic (exact) mass is 294 g/mol. The van der Waals surface area contributed by atoms with Gasteiger partial charge in [0.15, 0.2) is 0 Å². The topological polar surface area (TPSA) is 32.3 Å². The van der Waals surface area contributed by atoms with Gasteiger partial charge in [0, 0.05) is 30.9 Å². The summed E-state index contributed by atoms with van der Waals surface area (Å²) < 4.78 is 0. The molecule has 1 N–H and O–H groups in total. The molecule has 0 aromatic heterocycles. The zero-order chi connectivity index (χ0) is 15.4. The van der Waals surface area contributed by atoms with Crippen molar-refractivity contribution in [3.8, 4) is 0 Å². The number of hydrogen-bond donors (Lipinski definition) is 1. The third-order valence-electron chi connectivity index (χ3n) is 4.19. The number of anilines is 1. The predicted octanol–water partition coefficient (Wildman–Crippen LogP) is 3.53. The van der Waals surface area contributed by atoms with Crippen LogP contribution in [-0.4, -0.2) is 19.0 Å². The van der Waals surface area contributed by atoms with Gasteiger partial charge in [-0.3, -0.25) is 4.79 Å². The molecule has 3 heteroatoms. The Morgan fingerprint density at radius 3 is 2.45 bits per heavy atom. The second kappa shape index (κ2) is 6.65. The molecule has 0 atom stereocenters. The predicted molar refractivity (Wildman–Crippen MR) is 90.2 cm³/mol. The van der Waals surface area contributed by atoms with E-state index < -0.39 is 0 Å². The van der Waals surface area contributed by atoms with E-state index in [0.717, 1.165) is 18.7 Å². The SMILES string of the molecule is Cc1ccc(C(=O)NCc2ccccc2N2CCCC2)cc1. The van der Waals surface area contributed by atoms with Gasteiger partial charge in [-0.25, -0.2) is 0 Å². The first-order chi connectivity index (χ1) is 10.7. The quantitative estimate of drug-likeness (QED) is 0.935. The van der Waals surface area contributed by atoms with Crippen LogP contribution < -0.4 is 10.2 Å². The largest absolute Gasteiger partial charge is 0.371 e. The molecule has 0 aliphatic carbocycles. The van der Waals surface area contributed by atoms with Gasteiger partial charge < -0.3 is 10.2 Å². The lowest BCUT2D eigenvalue weighted by Gasteiger charge is -2.21. The second-order valence-corrected chi connectivity index (χ2v) is 5.87. The van der Waals surface area contributed by atoms with E-state index in [9.17, 15) is 4.79 Å². The highest BCUT2D eigenvalue weighted by Gasteiger charge is 2.15. The van der Waals surface area contributed by atoms with E-state index in [4.69, 9.17) is 0 Å². The number of carbonyl (C=O) groups is 1. The summed E-state index contributed by atoms with van der Waals surface area (Å²) in [6.45, 7) is 4.82. The number of para-hydroxylation sites is 1. The van der Waals surface area contributed by atoms with Crippen molar-refractivity contribution in [2.24, 2.45) is 0 Å². The Morgan fingerprint density at radius 1 is 1.05 bits per heavy atom. The number of rotatable bonds is 4. The van der Waals surface area contributed by atoms with Crippen molar-refractivity contribution in [2.45, 2.75) is 26.3 Å². The first-order valence-electron chi connectivity index (χ1n) is 7.92. The zero-order valence-electron chi connectivity index (χ0n) is 13.0. The van der Waals surface area contributed by atoms with Crippen LogP contribution in [0, 0.1) is 6.92 Å². The van der Waals surface area contributed by atoms with Gasteiger partial charge >= 0.3 is 0 Å². The second-order valence-electron chi connectivity index (χ2n) is 5.87. The van der Waals surface area contributed by atoms with Crippen molar-refractivity contribution in [1.29, 1.82) is 0 Å². The van der Waals surface area contributed by atoms with Gasteiger partial charge in [0.2, 0.25) is 0 Å². The molecule has 0 unspecified atom stereocenters. The van der Waals surface area contributed by atoms with Crippen LogP contribution in [0.4, 0.5) is 5.69 Å². The minimum Gasteiger partial charge on any atom is -0.371 e. The maximum Gasteiger partial charge on any atom is 0.251 e. The molecular formula is C19H22N2O. The fraction of sp³-hybridized carbons (Fsp3) is 0.316. The molecule has 1 amide bonds. The van der Waals surface area contributed by atoms with Crippen LogP contribution in [0.1, 0.15) is 34.3 Å². The highest BCUT2D eigenvalue weighted by Crippen LogP contribution is 2.24. The minimum atomic E-state index is -0.0174. The number of aryl methyl sites for hydroxylation is 1. The van der Waals surface area contributed by atoms with Crippen molar-refractivity contribution >= 4 is 11.6 Å². The number of nitrogens with zero attached hydrogens (tertiary/aromatic N) is 1. The number of nitrogens with one attached hydrogen (secondary N) is 1. The Bertz CT molecular complexity index is 643. The normalized spacial score (nSPS) is 14.1. The summed E-state index contributed by atoms with van der Waals surface area (Å²) in [5.74, 6) is -0.0174. The summed E-state index contributed by atoms with van der Waals surface area (Å²) in [7, 11) is 0. The molecule has 0 radical (unpaired) electrons. The number of benzene rings is 2. The number of amides is 1. The maximum absolute atomic E-state index is 12.2. The van der Waals surface area contributed by atoms with Crippen molar-refractivity contribution < 1.29 is 4.79 Å². The van der Waals surface area contributed by atoms with E-state index in [1.54, 1.807) is 0 Å². The molecule has 0 saturated carbocycles. The summed E-state index contributed by atoms with van der Waals surface area (Å²) in [5, 5.41) is 3.03. The fourth-order valence-electron chi connectivity index (χ4n) is 2.91. The molecule has 22 heavy (non-hydrogen) atoms. The molecule has 0 bridgehead atoms. The van der Waals surface area contributed by atoms with Gasteiger partial charge in [0.25, 0.3) is 5.91 Å². The molecule has 0 spiro atoms. The Balaban J connectivity index is 1.68. The van der Waals surface area contributed by atoms with Crippen molar-refractivity contribution in [1.82, 2.24) is 5.32 Å². The first-order valence-corrected chi connectivity index (χ1v) is 7.92. The standard InChI is InChI=1S/C19H22N2O/c1-15-8-10-16(11-9-15)19(22)20-14-17-6-2-3-7-18(17)21-12-4-5-13-21/h2-3,6-11H,4-5,12-14H2,1H3,(H,20,22). The molecule has 1 aliphatic heterocycles. The Hall–Kier alpha value is -2.29. The van der Waals surface area contributed by atoms with Crippen molar-refractivity contribution in [2.75, 3.05) is 18.0 Å². The number of hydrogen-bond acceptors (Lipinski definition) is 2. The van der Waals surface area contributed by atoms with Gasteiger partial charge in [-0.2, -0.15) is 0 Å². The lowest BCUT2D eigenvalue weighted by molar-refractivity contribution is 0.0951. The lowest BCUT2D eigenvalue weighted by atomic mass is 10.1. The highest BCUT2D eigenvalue weighted by molar-refractivity contribution is 5.94. The number of carbonyl (C=O) groups excluding carboxylic acids is 1. The average Bonchev–Trinajstić information content (AvgIpc) is 3.08. The van der Waals surface area contributed by atoms with Crippen molar-refractivity contribution in [3.05, 3.63) is 65.2 Å². The summed E-state index contributed by atoms with van der Waals surface area (Å²) in [6, 6.07) is 16.0. The first kappa shape index (κ1) is 14.6. The molecule has 1 aliphatic rings. The van der Waals surface area contributed by atoms with Gasteiger partial charge in [-0.1, -0.05) is 35.9 Å². The van der Waals surface area contributed by atoms with Crippen LogP contribution in [0.15, 0.2) is 48.5 Å². The fourth-order valence-corrected chi connectivity index (χ4v) is 2.91. The van der Waals surface area contributed by atoms with Crippen LogP contribution in [0.5, 0.6) is 0 Å². The average molecular weight is 294 g/mol. The molecule has 3 rings (SSSR count). The smallest absolute Gasteiger partial charge is 0.251 e. The summed E-state index contributed by atoms with van der Waals surface area (Å²) in [5.41, 5.74) is 4.31. The molecule has 114 valence electrons. The van der Waals surface area contributed by atoms with Crippen LogP contribution in [0.3, 0.4) is 0 Å². The van der Waals surface area contributed by atoms with Crippen LogP contribution in [-0.2, 0) is 6.54 Å². The summed E-state index contributed by atoms with van der Waals surface area (Å²) in [6.07, 6.45) is 2.51. The Morgan fingerprint density at radius 2 is 1.73 bits per heavy atom. The van der Waals surface area contributed by atoms with Gasteiger partial charge in [0.05, 0.1) is 0 Å². The summed E-state index contributed by atoms with van der Waals surface area (Å²) >= 11 is 0. The maximum atomic E-state index is 12.2. The molecule has 2 aromatic rings. The van der Waals surface area contributed by atoms with E-state index in [1.165, 1.54) is 24.1 Å². The van der Waals surface area contributed by atoms with E-state index in [0.29, 0.717) is 12.1 Å². The lowest BCUT2D eigenvalue weighted by Crippen LogP contribution is -2.25. The van der Waals surface area contributed by atoms with Crippen molar-refractivity contribution in [3.63, 3.8) is 0 Å². The summed E-state index contributed by atoms with van der Waals surface area (Å²) in [4.78, 5) is 14.6. The van der Waals surface area contributed by atoms with Gasteiger partial charge in [0.1, 0.15) is 0 Å². The Labute approximate surface area is 132 Å². The van der Waals surface area contributed by atoms with Crippen LogP contribution in [0.2, 0.25) is 0 Å². The highest BCUT2D eigenvalue weighted by atomic mass is 16.1. The third kappa shape index (κ3) is 3.30. The third-order valence-corrected chi connectivity index (χ3v) is 4.19. The molecule has 1 heterocycles.